The topological polar surface area (TPSA) is 178 Å². The first-order valence-corrected chi connectivity index (χ1v) is 20.3. The summed E-state index contributed by atoms with van der Waals surface area (Å²) in [7, 11) is 3.21. The largest absolute Gasteiger partial charge is 0.506 e. The third-order valence-electron chi connectivity index (χ3n) is 10.4. The van der Waals surface area contributed by atoms with E-state index in [1.807, 2.05) is 37.3 Å². The molecule has 1 saturated heterocycles. The number of anilines is 2. The van der Waals surface area contributed by atoms with Crippen LogP contribution in [-0.4, -0.2) is 107 Å². The molecule has 320 valence electrons. The number of aryl methyl sites for hydroxylation is 3. The average Bonchev–Trinajstić information content (AvgIpc) is 3.24. The van der Waals surface area contributed by atoms with Crippen molar-refractivity contribution in [2.45, 2.75) is 32.6 Å². The van der Waals surface area contributed by atoms with Crippen LogP contribution in [-0.2, 0) is 36.6 Å². The highest BCUT2D eigenvalue weighted by molar-refractivity contribution is 6.37. The number of phenols is 1. The fourth-order valence-corrected chi connectivity index (χ4v) is 7.82. The lowest BCUT2D eigenvalue weighted by atomic mass is 9.90. The molecule has 3 aromatic carbocycles. The van der Waals surface area contributed by atoms with E-state index in [9.17, 15) is 29.7 Å². The molecule has 0 amide bonds. The summed E-state index contributed by atoms with van der Waals surface area (Å²) in [5.74, 6) is -1.27. The zero-order chi connectivity index (χ0) is 42.9. The van der Waals surface area contributed by atoms with Crippen LogP contribution in [0.4, 0.5) is 11.4 Å². The lowest BCUT2D eigenvalue weighted by Crippen LogP contribution is -2.33. The summed E-state index contributed by atoms with van der Waals surface area (Å²) in [6.07, 6.45) is -0.718. The predicted octanol–water partition coefficient (Wildman–Crippen LogP) is 7.31. The number of fused-ring (bicyclic) bond motifs is 2. The Labute approximate surface area is 357 Å². The highest BCUT2D eigenvalue weighted by Crippen LogP contribution is 2.48. The van der Waals surface area contributed by atoms with Crippen molar-refractivity contribution < 1.29 is 53.0 Å². The number of rotatable bonds is 11. The molecule has 3 aromatic rings. The number of aliphatic carboxylic acids is 2. The van der Waals surface area contributed by atoms with Crippen molar-refractivity contribution in [1.29, 1.82) is 0 Å². The molecule has 0 saturated carbocycles. The highest BCUT2D eigenvalue weighted by Gasteiger charge is 2.28. The molecule has 2 heterocycles. The van der Waals surface area contributed by atoms with E-state index >= 15 is 0 Å². The summed E-state index contributed by atoms with van der Waals surface area (Å²) < 4.78 is 36.0. The highest BCUT2D eigenvalue weighted by atomic mass is 35.5. The van der Waals surface area contributed by atoms with Gasteiger partial charge in [0.1, 0.15) is 27.3 Å². The van der Waals surface area contributed by atoms with Crippen molar-refractivity contribution in [1.82, 2.24) is 0 Å². The van der Waals surface area contributed by atoms with Crippen molar-refractivity contribution in [3.05, 3.63) is 85.5 Å². The number of hydrogen-bond donors (Lipinski definition) is 3. The maximum atomic E-state index is 13.4. The van der Waals surface area contributed by atoms with Gasteiger partial charge in [-0.1, -0.05) is 35.3 Å². The van der Waals surface area contributed by atoms with E-state index in [2.05, 4.69) is 15.9 Å². The summed E-state index contributed by atoms with van der Waals surface area (Å²) in [4.78, 5) is 40.7. The fourth-order valence-electron chi connectivity index (χ4n) is 7.30. The predicted molar refractivity (Wildman–Crippen MR) is 229 cm³/mol. The van der Waals surface area contributed by atoms with Gasteiger partial charge in [-0.3, -0.25) is 14.4 Å². The molecular formula is C44H48Cl2N2O12. The molecule has 16 heteroatoms. The van der Waals surface area contributed by atoms with Crippen molar-refractivity contribution in [2.75, 3.05) is 89.8 Å². The first-order chi connectivity index (χ1) is 28.9. The minimum absolute atomic E-state index is 0.0154. The minimum Gasteiger partial charge on any atom is -0.506 e. The zero-order valence-corrected chi connectivity index (χ0v) is 35.2. The van der Waals surface area contributed by atoms with Crippen LogP contribution in [0.2, 0.25) is 10.0 Å². The van der Waals surface area contributed by atoms with E-state index in [0.29, 0.717) is 93.6 Å². The first-order valence-electron chi connectivity index (χ1n) is 19.5. The van der Waals surface area contributed by atoms with Crippen LogP contribution in [0, 0.1) is 6.92 Å². The van der Waals surface area contributed by atoms with Gasteiger partial charge in [-0.15, -0.1) is 0 Å². The molecule has 3 N–H and O–H groups in total. The van der Waals surface area contributed by atoms with E-state index in [4.69, 9.17) is 51.3 Å². The summed E-state index contributed by atoms with van der Waals surface area (Å²) in [5, 5.41) is 29.8. The molecule has 2 aliphatic heterocycles. The molecular weight excluding hydrogens is 819 g/mol. The molecule has 0 aromatic heterocycles. The number of benzene rings is 4. The van der Waals surface area contributed by atoms with Crippen LogP contribution in [0.1, 0.15) is 29.5 Å². The van der Waals surface area contributed by atoms with Gasteiger partial charge in [-0.05, 0) is 72.9 Å². The van der Waals surface area contributed by atoms with Crippen molar-refractivity contribution in [3.63, 3.8) is 0 Å². The monoisotopic (exact) mass is 866 g/mol. The molecule has 3 aliphatic rings. The van der Waals surface area contributed by atoms with Crippen LogP contribution >= 0.6 is 23.2 Å². The second kappa shape index (κ2) is 20.3. The molecule has 0 bridgehead atoms. The number of carboxylic acids is 2. The van der Waals surface area contributed by atoms with Crippen molar-refractivity contribution >= 4 is 57.5 Å². The Morgan fingerprint density at radius 3 is 1.82 bits per heavy atom. The van der Waals surface area contributed by atoms with Gasteiger partial charge in [0.05, 0.1) is 65.2 Å². The number of halogens is 2. The average molecular weight is 868 g/mol. The van der Waals surface area contributed by atoms with E-state index in [1.54, 1.807) is 26.4 Å². The maximum Gasteiger partial charge on any atom is 0.303 e. The normalized spacial score (nSPS) is 14.8. The Bertz CT molecular complexity index is 2370. The maximum absolute atomic E-state index is 13.4. The van der Waals surface area contributed by atoms with Crippen molar-refractivity contribution in [3.8, 4) is 39.7 Å². The molecule has 0 atom stereocenters. The Morgan fingerprint density at radius 2 is 1.25 bits per heavy atom. The summed E-state index contributed by atoms with van der Waals surface area (Å²) >= 11 is 13.4. The van der Waals surface area contributed by atoms with Gasteiger partial charge in [0.15, 0.2) is 11.3 Å². The molecule has 1 aliphatic carbocycles. The van der Waals surface area contributed by atoms with Crippen LogP contribution in [0.15, 0.2) is 57.7 Å². The van der Waals surface area contributed by atoms with Gasteiger partial charge < -0.3 is 53.2 Å². The number of ether oxygens (including phenoxy) is 5. The Morgan fingerprint density at radius 1 is 0.717 bits per heavy atom. The first kappa shape index (κ1) is 44.3. The Balaban J connectivity index is 1.39. The van der Waals surface area contributed by atoms with Crippen molar-refractivity contribution in [2.24, 2.45) is 0 Å². The summed E-state index contributed by atoms with van der Waals surface area (Å²) in [6, 6.07) is 14.8. The van der Waals surface area contributed by atoms with Crippen LogP contribution < -0.4 is 24.7 Å². The Kier molecular flexibility index (Phi) is 15.0. The van der Waals surface area contributed by atoms with E-state index in [0.717, 1.165) is 22.7 Å². The van der Waals surface area contributed by atoms with E-state index in [1.165, 1.54) is 0 Å². The number of carbonyl (C=O) groups is 2. The molecule has 6 rings (SSSR count). The van der Waals surface area contributed by atoms with E-state index in [-0.39, 0.29) is 63.9 Å². The SMILES string of the molecule is COc1cc(C)ccc1N1CCOCCOCCN(c2ccc(-c3c4cc(CCC(=O)O)c(=O)c(Cl)c-4oc4c(Cl)c(O)c(CCC(=O)O)cc34)cc2OC)CCOCC1. The summed E-state index contributed by atoms with van der Waals surface area (Å²) in [6.45, 7) is 6.84. The number of hydrogen-bond acceptors (Lipinski definition) is 12. The van der Waals surface area contributed by atoms with Gasteiger partial charge in [-0.25, -0.2) is 0 Å². The number of carboxylic acid groups (broad SMARTS) is 2. The van der Waals surface area contributed by atoms with Crippen LogP contribution in [0.5, 0.6) is 17.2 Å². The van der Waals surface area contributed by atoms with Gasteiger partial charge in [0.2, 0.25) is 5.43 Å². The number of nitrogens with zero attached hydrogens (tertiary/aromatic N) is 2. The number of phenolic OH excluding ortho intramolecular Hbond substituents is 1. The number of methoxy groups -OCH3 is 2. The van der Waals surface area contributed by atoms with Gasteiger partial charge >= 0.3 is 11.9 Å². The quantitative estimate of drug-likeness (QED) is 0.113. The van der Waals surface area contributed by atoms with E-state index < -0.39 is 17.4 Å². The minimum atomic E-state index is -1.09. The molecule has 1 fully saturated rings. The third kappa shape index (κ3) is 10.2. The second-order valence-electron chi connectivity index (χ2n) is 14.3. The Hall–Kier alpha value is -5.25. The van der Waals surface area contributed by atoms with Gasteiger partial charge in [0, 0.05) is 61.1 Å². The molecule has 14 nitrogen and oxygen atoms in total. The van der Waals surface area contributed by atoms with Crippen LogP contribution in [0.25, 0.3) is 33.4 Å². The molecule has 0 spiro atoms. The number of aromatic hydroxyl groups is 1. The lowest BCUT2D eigenvalue weighted by Gasteiger charge is -2.28. The molecule has 0 unspecified atom stereocenters. The smallest absolute Gasteiger partial charge is 0.303 e. The zero-order valence-electron chi connectivity index (χ0n) is 33.7. The van der Waals surface area contributed by atoms with Gasteiger partial charge in [0.25, 0.3) is 0 Å². The third-order valence-corrected chi connectivity index (χ3v) is 11.1. The van der Waals surface area contributed by atoms with Crippen LogP contribution in [0.3, 0.4) is 0 Å². The molecule has 60 heavy (non-hydrogen) atoms. The fraction of sp³-hybridized carbons (Fsp3) is 0.386. The standard InChI is InChI=1S/C44H48Cl2N2O12/c1-26-4-8-32(34(22-26)55-2)47-12-16-57-17-13-48(15-19-59-21-20-58-18-14-47)33-9-5-27(25-35(33)56-3)38-30-23-28(6-10-36(49)50)41(53)39(45)43(30)60-44-31(38)24-29(7-11-37(51)52)42(54)40(44)46/h4-5,8-9,22-25,53H,6-7,10-21H2,1-3H3,(H,49,50)(H,51,52). The lowest BCUT2D eigenvalue weighted by molar-refractivity contribution is -0.138. The van der Waals surface area contributed by atoms with Gasteiger partial charge in [-0.2, -0.15) is 0 Å². The molecule has 0 radical (unpaired) electrons. The summed E-state index contributed by atoms with van der Waals surface area (Å²) in [5.41, 5.74) is 4.10. The second-order valence-corrected chi connectivity index (χ2v) is 15.0.